The molecule has 0 aliphatic carbocycles. The van der Waals surface area contributed by atoms with Gasteiger partial charge in [-0.1, -0.05) is 28.5 Å². The molecule has 1 amide bonds. The minimum absolute atomic E-state index is 0.140. The lowest BCUT2D eigenvalue weighted by Crippen LogP contribution is -2.14. The highest BCUT2D eigenvalue weighted by atomic mass is 35.5. The second-order valence-electron chi connectivity index (χ2n) is 3.62. The molecule has 0 fully saturated rings. The van der Waals surface area contributed by atoms with Crippen LogP contribution in [0.3, 0.4) is 0 Å². The molecule has 3 aromatic heterocycles. The molecule has 3 rings (SSSR count). The molecule has 102 valence electrons. The number of nitrogens with one attached hydrogen (secondary N) is 1. The van der Waals surface area contributed by atoms with Crippen molar-refractivity contribution in [3.63, 3.8) is 0 Å². The Morgan fingerprint density at radius 3 is 3.15 bits per heavy atom. The van der Waals surface area contributed by atoms with Crippen molar-refractivity contribution in [2.45, 2.75) is 5.22 Å². The molecule has 0 aliphatic heterocycles. The fraction of sp³-hybridized carbons (Fsp3) is 0.100. The van der Waals surface area contributed by atoms with E-state index in [1.165, 1.54) is 17.0 Å². The van der Waals surface area contributed by atoms with Crippen LogP contribution in [0.2, 0.25) is 5.02 Å². The summed E-state index contributed by atoms with van der Waals surface area (Å²) in [7, 11) is 0. The molecule has 0 atom stereocenters. The highest BCUT2D eigenvalue weighted by Crippen LogP contribution is 2.17. The highest BCUT2D eigenvalue weighted by Gasteiger charge is 2.10. The predicted molar refractivity (Wildman–Crippen MR) is 71.6 cm³/mol. The van der Waals surface area contributed by atoms with Gasteiger partial charge in [0.2, 0.25) is 5.91 Å². The van der Waals surface area contributed by atoms with Crippen molar-refractivity contribution in [1.82, 2.24) is 24.8 Å². The molecule has 0 aliphatic rings. The van der Waals surface area contributed by atoms with Crippen molar-refractivity contribution in [2.75, 3.05) is 11.1 Å². The quantitative estimate of drug-likeness (QED) is 0.729. The van der Waals surface area contributed by atoms with Gasteiger partial charge in [0.25, 0.3) is 5.22 Å². The number of pyridine rings is 1. The lowest BCUT2D eigenvalue weighted by molar-refractivity contribution is -0.113. The van der Waals surface area contributed by atoms with Crippen LogP contribution in [0.5, 0.6) is 0 Å². The first-order valence-electron chi connectivity index (χ1n) is 5.42. The Morgan fingerprint density at radius 1 is 1.50 bits per heavy atom. The maximum atomic E-state index is 11.7. The summed E-state index contributed by atoms with van der Waals surface area (Å²) in [5.41, 5.74) is 0. The topological polar surface area (TPSA) is 98.2 Å². The van der Waals surface area contributed by atoms with Gasteiger partial charge in [0.1, 0.15) is 12.1 Å². The third-order valence-electron chi connectivity index (χ3n) is 2.19. The SMILES string of the molecule is O=C(CSc1nn2cnnc2o1)Nc1ccc(Cl)cn1. The Morgan fingerprint density at radius 2 is 2.40 bits per heavy atom. The molecular formula is C10H7ClN6O2S. The molecule has 0 radical (unpaired) electrons. The Balaban J connectivity index is 1.56. The summed E-state index contributed by atoms with van der Waals surface area (Å²) in [4.78, 5) is 15.7. The number of thioether (sulfide) groups is 1. The largest absolute Gasteiger partial charge is 0.396 e. The van der Waals surface area contributed by atoms with Crippen LogP contribution < -0.4 is 5.32 Å². The van der Waals surface area contributed by atoms with Gasteiger partial charge in [-0.2, -0.15) is 4.52 Å². The number of aromatic nitrogens is 5. The molecule has 20 heavy (non-hydrogen) atoms. The van der Waals surface area contributed by atoms with E-state index < -0.39 is 0 Å². The van der Waals surface area contributed by atoms with Crippen LogP contribution in [0.4, 0.5) is 5.82 Å². The molecule has 0 saturated carbocycles. The van der Waals surface area contributed by atoms with Gasteiger partial charge in [0, 0.05) is 6.20 Å². The molecule has 0 spiro atoms. The van der Waals surface area contributed by atoms with Crippen LogP contribution >= 0.6 is 23.4 Å². The first-order chi connectivity index (χ1) is 9.70. The van der Waals surface area contributed by atoms with Crippen molar-refractivity contribution < 1.29 is 9.21 Å². The van der Waals surface area contributed by atoms with Crippen molar-refractivity contribution in [3.05, 3.63) is 29.7 Å². The summed E-state index contributed by atoms with van der Waals surface area (Å²) in [6.45, 7) is 0. The van der Waals surface area contributed by atoms with Gasteiger partial charge in [-0.3, -0.25) is 4.79 Å². The van der Waals surface area contributed by atoms with Gasteiger partial charge in [-0.05, 0) is 12.1 Å². The summed E-state index contributed by atoms with van der Waals surface area (Å²) < 4.78 is 6.64. The second kappa shape index (κ2) is 5.47. The molecule has 0 bridgehead atoms. The van der Waals surface area contributed by atoms with Crippen molar-refractivity contribution in [1.29, 1.82) is 0 Å². The summed E-state index contributed by atoms with van der Waals surface area (Å²) in [6, 6.07) is 3.27. The molecule has 0 unspecified atom stereocenters. The van der Waals surface area contributed by atoms with E-state index in [1.54, 1.807) is 12.1 Å². The van der Waals surface area contributed by atoms with Crippen LogP contribution in [0.1, 0.15) is 0 Å². The maximum Gasteiger partial charge on any atom is 0.345 e. The predicted octanol–water partition coefficient (Wildman–Crippen LogP) is 1.50. The van der Waals surface area contributed by atoms with Gasteiger partial charge in [-0.25, -0.2) is 4.98 Å². The van der Waals surface area contributed by atoms with Crippen LogP contribution in [0, 0.1) is 0 Å². The number of fused-ring (bicyclic) bond motifs is 1. The highest BCUT2D eigenvalue weighted by molar-refractivity contribution is 7.99. The normalized spacial score (nSPS) is 10.8. The Kier molecular flexibility index (Phi) is 3.52. The van der Waals surface area contributed by atoms with E-state index in [1.807, 2.05) is 0 Å². The van der Waals surface area contributed by atoms with E-state index in [0.29, 0.717) is 16.1 Å². The standard InChI is InChI=1S/C10H7ClN6O2S/c11-6-1-2-7(12-3-6)14-8(18)4-20-10-16-17-5-13-15-9(17)19-10/h1-3,5H,4H2,(H,12,14,18). The second-order valence-corrected chi connectivity index (χ2v) is 4.99. The molecule has 3 aromatic rings. The van der Waals surface area contributed by atoms with Gasteiger partial charge < -0.3 is 9.73 Å². The van der Waals surface area contributed by atoms with Gasteiger partial charge >= 0.3 is 5.84 Å². The van der Waals surface area contributed by atoms with E-state index in [-0.39, 0.29) is 17.5 Å². The van der Waals surface area contributed by atoms with E-state index in [4.69, 9.17) is 16.0 Å². The molecule has 8 nitrogen and oxygen atoms in total. The zero-order chi connectivity index (χ0) is 13.9. The number of carbonyl (C=O) groups is 1. The van der Waals surface area contributed by atoms with Crippen molar-refractivity contribution >= 4 is 40.9 Å². The minimum atomic E-state index is -0.223. The minimum Gasteiger partial charge on any atom is -0.396 e. The first kappa shape index (κ1) is 12.9. The van der Waals surface area contributed by atoms with Crippen LogP contribution in [-0.2, 0) is 4.79 Å². The third-order valence-corrected chi connectivity index (χ3v) is 3.23. The third kappa shape index (κ3) is 2.89. The number of nitrogens with zero attached hydrogens (tertiary/aromatic N) is 5. The number of amides is 1. The lowest BCUT2D eigenvalue weighted by atomic mass is 10.4. The van der Waals surface area contributed by atoms with Gasteiger partial charge in [0.05, 0.1) is 10.8 Å². The number of anilines is 1. The fourth-order valence-corrected chi connectivity index (χ4v) is 2.07. The molecule has 1 N–H and O–H groups in total. The van der Waals surface area contributed by atoms with E-state index in [0.717, 1.165) is 11.8 Å². The van der Waals surface area contributed by atoms with Gasteiger partial charge in [0.15, 0.2) is 0 Å². The number of halogens is 1. The van der Waals surface area contributed by atoms with E-state index >= 15 is 0 Å². The van der Waals surface area contributed by atoms with Crippen molar-refractivity contribution in [3.8, 4) is 0 Å². The summed E-state index contributed by atoms with van der Waals surface area (Å²) in [6.07, 6.45) is 2.88. The van der Waals surface area contributed by atoms with E-state index in [9.17, 15) is 4.79 Å². The smallest absolute Gasteiger partial charge is 0.345 e. The van der Waals surface area contributed by atoms with Crippen LogP contribution in [-0.4, -0.2) is 36.5 Å². The Bertz CT molecular complexity index is 711. The number of carbonyl (C=O) groups excluding carboxylic acids is 1. The van der Waals surface area contributed by atoms with Crippen molar-refractivity contribution in [2.24, 2.45) is 0 Å². The molecule has 0 aromatic carbocycles. The van der Waals surface area contributed by atoms with E-state index in [2.05, 4.69) is 25.6 Å². The fourth-order valence-electron chi connectivity index (χ4n) is 1.36. The molecular weight excluding hydrogens is 304 g/mol. The number of hydrogen-bond acceptors (Lipinski definition) is 7. The maximum absolute atomic E-state index is 11.7. The number of rotatable bonds is 4. The monoisotopic (exact) mass is 310 g/mol. The Hall–Kier alpha value is -2.13. The Labute approximate surface area is 121 Å². The molecule has 0 saturated heterocycles. The average Bonchev–Trinajstić information content (AvgIpc) is 3.00. The zero-order valence-corrected chi connectivity index (χ0v) is 11.4. The average molecular weight is 311 g/mol. The van der Waals surface area contributed by atoms with Gasteiger partial charge in [-0.15, -0.1) is 10.2 Å². The lowest BCUT2D eigenvalue weighted by Gasteiger charge is -2.02. The summed E-state index contributed by atoms with van der Waals surface area (Å²) in [5.74, 6) is 0.638. The molecule has 10 heteroatoms. The van der Waals surface area contributed by atoms with Crippen LogP contribution in [0.25, 0.3) is 5.84 Å². The number of hydrogen-bond donors (Lipinski definition) is 1. The van der Waals surface area contributed by atoms with Crippen LogP contribution in [0.15, 0.2) is 34.3 Å². The zero-order valence-electron chi connectivity index (χ0n) is 9.86. The summed E-state index contributed by atoms with van der Waals surface area (Å²) >= 11 is 6.85. The first-order valence-corrected chi connectivity index (χ1v) is 6.78. The summed E-state index contributed by atoms with van der Waals surface area (Å²) in [5, 5.41) is 14.8. The molecule has 3 heterocycles.